The Hall–Kier alpha value is -0.120. The number of ether oxygens (including phenoxy) is 1. The number of hydrogen-bond donors (Lipinski definition) is 1. The quantitative estimate of drug-likeness (QED) is 0.694. The van der Waals surface area contributed by atoms with Gasteiger partial charge in [0.25, 0.3) is 0 Å². The van der Waals surface area contributed by atoms with Crippen LogP contribution < -0.4 is 5.73 Å². The SMILES string of the molecule is CCCN(C(C)C)C(CN)(COC)C(C)C. The molecule has 0 bridgehead atoms. The topological polar surface area (TPSA) is 38.5 Å². The summed E-state index contributed by atoms with van der Waals surface area (Å²) in [6.07, 6.45) is 1.15. The van der Waals surface area contributed by atoms with Crippen LogP contribution in [0.4, 0.5) is 0 Å². The molecule has 0 aliphatic heterocycles. The molecule has 1 atom stereocenters. The Bertz CT molecular complexity index is 183. The Morgan fingerprint density at radius 1 is 1.25 bits per heavy atom. The molecule has 0 spiro atoms. The molecular weight excluding hydrogens is 200 g/mol. The molecule has 0 heterocycles. The van der Waals surface area contributed by atoms with Crippen LogP contribution in [0.25, 0.3) is 0 Å². The second kappa shape index (κ2) is 7.25. The first-order valence-corrected chi connectivity index (χ1v) is 6.42. The molecule has 0 saturated heterocycles. The Labute approximate surface area is 101 Å². The minimum atomic E-state index is -0.0288. The van der Waals surface area contributed by atoms with Gasteiger partial charge in [0.2, 0.25) is 0 Å². The normalized spacial score (nSPS) is 16.1. The third-order valence-corrected chi connectivity index (χ3v) is 3.48. The van der Waals surface area contributed by atoms with Crippen molar-refractivity contribution in [3.8, 4) is 0 Å². The standard InChI is InChI=1S/C13H30N2O/c1-7-8-15(12(4)5)13(9-14,10-16-6)11(2)3/h11-12H,7-10,14H2,1-6H3. The molecule has 0 aliphatic carbocycles. The fourth-order valence-electron chi connectivity index (χ4n) is 2.48. The highest BCUT2D eigenvalue weighted by atomic mass is 16.5. The zero-order chi connectivity index (χ0) is 12.8. The second-order valence-corrected chi connectivity index (χ2v) is 5.18. The molecule has 2 N–H and O–H groups in total. The number of hydrogen-bond acceptors (Lipinski definition) is 3. The first-order chi connectivity index (χ1) is 7.46. The van der Waals surface area contributed by atoms with Gasteiger partial charge in [-0.1, -0.05) is 20.8 Å². The summed E-state index contributed by atoms with van der Waals surface area (Å²) in [5.41, 5.74) is 6.01. The maximum Gasteiger partial charge on any atom is 0.0661 e. The highest BCUT2D eigenvalue weighted by Gasteiger charge is 2.39. The van der Waals surface area contributed by atoms with E-state index in [1.54, 1.807) is 7.11 Å². The van der Waals surface area contributed by atoms with Crippen molar-refractivity contribution in [1.29, 1.82) is 0 Å². The predicted molar refractivity (Wildman–Crippen MR) is 70.6 cm³/mol. The smallest absolute Gasteiger partial charge is 0.0661 e. The molecule has 0 saturated carbocycles. The maximum atomic E-state index is 6.04. The van der Waals surface area contributed by atoms with E-state index in [2.05, 4.69) is 39.5 Å². The van der Waals surface area contributed by atoms with Crippen LogP contribution in [0, 0.1) is 5.92 Å². The zero-order valence-electron chi connectivity index (χ0n) is 11.9. The third kappa shape index (κ3) is 3.44. The first-order valence-electron chi connectivity index (χ1n) is 6.42. The summed E-state index contributed by atoms with van der Waals surface area (Å²) in [5.74, 6) is 0.492. The van der Waals surface area contributed by atoms with E-state index in [1.807, 2.05) is 0 Å². The summed E-state index contributed by atoms with van der Waals surface area (Å²) in [6.45, 7) is 13.6. The van der Waals surface area contributed by atoms with Gasteiger partial charge in [-0.2, -0.15) is 0 Å². The Morgan fingerprint density at radius 3 is 2.06 bits per heavy atom. The molecule has 0 aromatic heterocycles. The van der Waals surface area contributed by atoms with E-state index in [1.165, 1.54) is 0 Å². The highest BCUT2D eigenvalue weighted by Crippen LogP contribution is 2.27. The van der Waals surface area contributed by atoms with Crippen molar-refractivity contribution in [3.05, 3.63) is 0 Å². The van der Waals surface area contributed by atoms with Gasteiger partial charge in [-0.25, -0.2) is 0 Å². The van der Waals surface area contributed by atoms with Gasteiger partial charge in [-0.15, -0.1) is 0 Å². The van der Waals surface area contributed by atoms with Gasteiger partial charge in [0.15, 0.2) is 0 Å². The third-order valence-electron chi connectivity index (χ3n) is 3.48. The van der Waals surface area contributed by atoms with Crippen LogP contribution >= 0.6 is 0 Å². The van der Waals surface area contributed by atoms with Crippen molar-refractivity contribution in [2.24, 2.45) is 11.7 Å². The average Bonchev–Trinajstić information content (AvgIpc) is 2.22. The molecule has 1 unspecified atom stereocenters. The van der Waals surface area contributed by atoms with E-state index < -0.39 is 0 Å². The van der Waals surface area contributed by atoms with Crippen LogP contribution in [0.2, 0.25) is 0 Å². The van der Waals surface area contributed by atoms with Gasteiger partial charge in [-0.05, 0) is 32.7 Å². The van der Waals surface area contributed by atoms with Crippen molar-refractivity contribution in [2.45, 2.75) is 52.6 Å². The number of methoxy groups -OCH3 is 1. The summed E-state index contributed by atoms with van der Waals surface area (Å²) in [7, 11) is 1.76. The van der Waals surface area contributed by atoms with E-state index in [0.717, 1.165) is 13.0 Å². The lowest BCUT2D eigenvalue weighted by Gasteiger charge is -2.48. The lowest BCUT2D eigenvalue weighted by Crippen LogP contribution is -2.62. The minimum absolute atomic E-state index is 0.0288. The van der Waals surface area contributed by atoms with Crippen molar-refractivity contribution in [2.75, 3.05) is 26.8 Å². The van der Waals surface area contributed by atoms with Crippen LogP contribution in [0.3, 0.4) is 0 Å². The monoisotopic (exact) mass is 230 g/mol. The van der Waals surface area contributed by atoms with Crippen LogP contribution in [0.1, 0.15) is 41.0 Å². The van der Waals surface area contributed by atoms with Crippen molar-refractivity contribution < 1.29 is 4.74 Å². The van der Waals surface area contributed by atoms with Gasteiger partial charge in [0.1, 0.15) is 0 Å². The summed E-state index contributed by atoms with van der Waals surface area (Å²) >= 11 is 0. The molecule has 0 amide bonds. The molecule has 0 radical (unpaired) electrons. The average molecular weight is 230 g/mol. The number of rotatable bonds is 8. The first kappa shape index (κ1) is 15.9. The Morgan fingerprint density at radius 2 is 1.81 bits per heavy atom. The molecule has 3 nitrogen and oxygen atoms in total. The van der Waals surface area contributed by atoms with Gasteiger partial charge < -0.3 is 10.5 Å². The largest absolute Gasteiger partial charge is 0.383 e. The predicted octanol–water partition coefficient (Wildman–Crippen LogP) is 2.11. The van der Waals surface area contributed by atoms with Gasteiger partial charge >= 0.3 is 0 Å². The highest BCUT2D eigenvalue weighted by molar-refractivity contribution is 4.96. The Balaban J connectivity index is 5.06. The lowest BCUT2D eigenvalue weighted by molar-refractivity contribution is -0.0335. The second-order valence-electron chi connectivity index (χ2n) is 5.18. The van der Waals surface area contributed by atoms with E-state index in [4.69, 9.17) is 10.5 Å². The van der Waals surface area contributed by atoms with Crippen molar-refractivity contribution >= 4 is 0 Å². The lowest BCUT2D eigenvalue weighted by atomic mass is 9.84. The molecule has 0 rings (SSSR count). The fourth-order valence-corrected chi connectivity index (χ4v) is 2.48. The van der Waals surface area contributed by atoms with Crippen LogP contribution in [-0.4, -0.2) is 43.3 Å². The Kier molecular flexibility index (Phi) is 7.20. The number of nitrogens with zero attached hydrogens (tertiary/aromatic N) is 1. The molecular formula is C13H30N2O. The van der Waals surface area contributed by atoms with Crippen LogP contribution in [0.5, 0.6) is 0 Å². The van der Waals surface area contributed by atoms with Crippen molar-refractivity contribution in [1.82, 2.24) is 4.90 Å². The zero-order valence-corrected chi connectivity index (χ0v) is 11.9. The van der Waals surface area contributed by atoms with Gasteiger partial charge in [0, 0.05) is 19.7 Å². The maximum absolute atomic E-state index is 6.04. The fraction of sp³-hybridized carbons (Fsp3) is 1.00. The van der Waals surface area contributed by atoms with E-state index >= 15 is 0 Å². The molecule has 0 aliphatic rings. The van der Waals surface area contributed by atoms with E-state index in [9.17, 15) is 0 Å². The molecule has 0 fully saturated rings. The molecule has 0 aromatic carbocycles. The van der Waals surface area contributed by atoms with Gasteiger partial charge in [0.05, 0.1) is 12.1 Å². The summed E-state index contributed by atoms with van der Waals surface area (Å²) in [4.78, 5) is 2.50. The molecule has 16 heavy (non-hydrogen) atoms. The molecule has 3 heteroatoms. The summed E-state index contributed by atoms with van der Waals surface area (Å²) in [6, 6.07) is 0.501. The van der Waals surface area contributed by atoms with Crippen LogP contribution in [0.15, 0.2) is 0 Å². The molecule has 0 aromatic rings. The molecule has 98 valence electrons. The van der Waals surface area contributed by atoms with Crippen LogP contribution in [-0.2, 0) is 4.74 Å². The summed E-state index contributed by atoms with van der Waals surface area (Å²) < 4.78 is 5.42. The van der Waals surface area contributed by atoms with E-state index in [-0.39, 0.29) is 5.54 Å². The van der Waals surface area contributed by atoms with Gasteiger partial charge in [-0.3, -0.25) is 4.90 Å². The summed E-state index contributed by atoms with van der Waals surface area (Å²) in [5, 5.41) is 0. The van der Waals surface area contributed by atoms with Crippen molar-refractivity contribution in [3.63, 3.8) is 0 Å². The number of nitrogens with two attached hydrogens (primary N) is 1. The van der Waals surface area contributed by atoms with E-state index in [0.29, 0.717) is 25.1 Å². The minimum Gasteiger partial charge on any atom is -0.383 e.